The van der Waals surface area contributed by atoms with Crippen molar-refractivity contribution < 1.29 is 13.9 Å². The SMILES string of the molecule is COC(=O)C(Sc1nnnn1Cc1ccco1)c1ccsc1. The molecule has 0 aliphatic heterocycles. The number of carbonyl (C=O) groups is 1. The number of thioether (sulfide) groups is 1. The van der Waals surface area contributed by atoms with Gasteiger partial charge in [0.2, 0.25) is 5.16 Å². The van der Waals surface area contributed by atoms with Crippen molar-refractivity contribution in [1.82, 2.24) is 20.2 Å². The number of nitrogens with zero attached hydrogens (tertiary/aromatic N) is 4. The molecule has 0 fully saturated rings. The predicted octanol–water partition coefficient (Wildman–Crippen LogP) is 2.38. The molecule has 3 aromatic rings. The number of carbonyl (C=O) groups excluding carboxylic acids is 1. The van der Waals surface area contributed by atoms with Crippen LogP contribution >= 0.6 is 23.1 Å². The van der Waals surface area contributed by atoms with Crippen LogP contribution in [0.5, 0.6) is 0 Å². The van der Waals surface area contributed by atoms with E-state index < -0.39 is 5.25 Å². The minimum Gasteiger partial charge on any atom is -0.468 e. The van der Waals surface area contributed by atoms with Gasteiger partial charge in [-0.25, -0.2) is 4.68 Å². The highest BCUT2D eigenvalue weighted by Crippen LogP contribution is 2.35. The molecule has 0 N–H and O–H groups in total. The zero-order chi connectivity index (χ0) is 15.4. The van der Waals surface area contributed by atoms with Crippen LogP contribution in [0.25, 0.3) is 0 Å². The number of hydrogen-bond acceptors (Lipinski definition) is 8. The van der Waals surface area contributed by atoms with Gasteiger partial charge in [-0.2, -0.15) is 11.3 Å². The first kappa shape index (κ1) is 14.8. The third-order valence-electron chi connectivity index (χ3n) is 2.87. The molecular weight excluding hydrogens is 324 g/mol. The fourth-order valence-corrected chi connectivity index (χ4v) is 3.58. The van der Waals surface area contributed by atoms with Crippen molar-refractivity contribution in [3.8, 4) is 0 Å². The molecule has 0 bridgehead atoms. The topological polar surface area (TPSA) is 83.0 Å². The molecule has 0 amide bonds. The standard InChI is InChI=1S/C13H12N4O3S2/c1-19-12(18)11(9-4-6-21-8-9)22-13-14-15-16-17(13)7-10-3-2-5-20-10/h2-6,8,11H,7H2,1H3. The molecule has 0 saturated carbocycles. The minimum atomic E-state index is -0.502. The summed E-state index contributed by atoms with van der Waals surface area (Å²) in [5.41, 5.74) is 0.870. The Labute approximate surface area is 134 Å². The van der Waals surface area contributed by atoms with Gasteiger partial charge in [-0.05, 0) is 44.9 Å². The van der Waals surface area contributed by atoms with Crippen LogP contribution < -0.4 is 0 Å². The molecule has 0 spiro atoms. The van der Waals surface area contributed by atoms with Crippen LogP contribution in [0.2, 0.25) is 0 Å². The predicted molar refractivity (Wildman–Crippen MR) is 80.6 cm³/mol. The Kier molecular flexibility index (Phi) is 4.54. The lowest BCUT2D eigenvalue weighted by molar-refractivity contribution is -0.140. The first-order chi connectivity index (χ1) is 10.8. The fourth-order valence-electron chi connectivity index (χ4n) is 1.82. The van der Waals surface area contributed by atoms with Crippen molar-refractivity contribution in [2.45, 2.75) is 17.0 Å². The summed E-state index contributed by atoms with van der Waals surface area (Å²) in [5.74, 6) is 0.398. The first-order valence-electron chi connectivity index (χ1n) is 6.33. The number of aromatic nitrogens is 4. The summed E-state index contributed by atoms with van der Waals surface area (Å²) in [6, 6.07) is 5.53. The monoisotopic (exact) mass is 336 g/mol. The minimum absolute atomic E-state index is 0.337. The van der Waals surface area contributed by atoms with Crippen molar-refractivity contribution in [3.05, 3.63) is 46.5 Å². The van der Waals surface area contributed by atoms with Crippen LogP contribution in [-0.4, -0.2) is 33.3 Å². The van der Waals surface area contributed by atoms with Crippen LogP contribution in [0.4, 0.5) is 0 Å². The second-order valence-electron chi connectivity index (χ2n) is 4.28. The highest BCUT2D eigenvalue weighted by atomic mass is 32.2. The van der Waals surface area contributed by atoms with E-state index in [4.69, 9.17) is 9.15 Å². The van der Waals surface area contributed by atoms with E-state index in [1.165, 1.54) is 30.2 Å². The molecule has 3 rings (SSSR count). The van der Waals surface area contributed by atoms with Gasteiger partial charge in [0, 0.05) is 0 Å². The number of esters is 1. The molecule has 7 nitrogen and oxygen atoms in total. The van der Waals surface area contributed by atoms with E-state index in [9.17, 15) is 4.79 Å². The largest absolute Gasteiger partial charge is 0.468 e. The lowest BCUT2D eigenvalue weighted by atomic mass is 10.2. The van der Waals surface area contributed by atoms with Gasteiger partial charge in [0.05, 0.1) is 13.4 Å². The molecule has 0 aliphatic rings. The molecule has 22 heavy (non-hydrogen) atoms. The van der Waals surface area contributed by atoms with Gasteiger partial charge in [-0.15, -0.1) is 5.10 Å². The number of thiophene rings is 1. The number of ether oxygens (including phenoxy) is 1. The van der Waals surface area contributed by atoms with Crippen molar-refractivity contribution in [2.24, 2.45) is 0 Å². The maximum Gasteiger partial charge on any atom is 0.323 e. The van der Waals surface area contributed by atoms with Gasteiger partial charge in [0.25, 0.3) is 0 Å². The van der Waals surface area contributed by atoms with Gasteiger partial charge >= 0.3 is 5.97 Å². The molecule has 3 heterocycles. The maximum absolute atomic E-state index is 12.0. The van der Waals surface area contributed by atoms with Crippen LogP contribution in [0.15, 0.2) is 44.8 Å². The zero-order valence-electron chi connectivity index (χ0n) is 11.6. The summed E-state index contributed by atoms with van der Waals surface area (Å²) in [6.07, 6.45) is 1.59. The fraction of sp³-hybridized carbons (Fsp3) is 0.231. The van der Waals surface area contributed by atoms with E-state index in [0.29, 0.717) is 11.7 Å². The van der Waals surface area contributed by atoms with Crippen molar-refractivity contribution in [3.63, 3.8) is 0 Å². The molecule has 0 saturated heterocycles. The van der Waals surface area contributed by atoms with E-state index in [-0.39, 0.29) is 5.97 Å². The Morgan fingerprint density at radius 3 is 3.14 bits per heavy atom. The van der Waals surface area contributed by atoms with Gasteiger partial charge < -0.3 is 9.15 Å². The number of hydrogen-bond donors (Lipinski definition) is 0. The summed E-state index contributed by atoms with van der Waals surface area (Å²) >= 11 is 2.77. The molecule has 3 aromatic heterocycles. The lowest BCUT2D eigenvalue weighted by Gasteiger charge is -2.12. The molecule has 9 heteroatoms. The highest BCUT2D eigenvalue weighted by molar-refractivity contribution is 8.00. The van der Waals surface area contributed by atoms with Crippen molar-refractivity contribution >= 4 is 29.1 Å². The first-order valence-corrected chi connectivity index (χ1v) is 8.15. The van der Waals surface area contributed by atoms with Crippen molar-refractivity contribution in [1.29, 1.82) is 0 Å². The number of rotatable bonds is 6. The third kappa shape index (κ3) is 3.20. The molecule has 1 atom stereocenters. The van der Waals surface area contributed by atoms with Gasteiger partial charge in [-0.1, -0.05) is 11.8 Å². The Bertz CT molecular complexity index is 724. The highest BCUT2D eigenvalue weighted by Gasteiger charge is 2.26. The average molecular weight is 336 g/mol. The maximum atomic E-state index is 12.0. The van der Waals surface area contributed by atoms with Gasteiger partial charge in [0.1, 0.15) is 17.6 Å². The summed E-state index contributed by atoms with van der Waals surface area (Å²) in [7, 11) is 1.37. The Balaban J connectivity index is 1.81. The zero-order valence-corrected chi connectivity index (χ0v) is 13.2. The van der Waals surface area contributed by atoms with E-state index in [2.05, 4.69) is 15.5 Å². The van der Waals surface area contributed by atoms with Gasteiger partial charge in [0.15, 0.2) is 0 Å². The smallest absolute Gasteiger partial charge is 0.323 e. The number of furan rings is 1. The summed E-state index contributed by atoms with van der Waals surface area (Å²) in [5, 5.41) is 15.4. The van der Waals surface area contributed by atoms with E-state index in [0.717, 1.165) is 11.3 Å². The third-order valence-corrected chi connectivity index (χ3v) is 4.77. The Morgan fingerprint density at radius 2 is 2.45 bits per heavy atom. The normalized spacial score (nSPS) is 12.2. The summed E-state index contributed by atoms with van der Waals surface area (Å²) in [6.45, 7) is 0.403. The lowest BCUT2D eigenvalue weighted by Crippen LogP contribution is -2.12. The number of methoxy groups -OCH3 is 1. The number of tetrazole rings is 1. The van der Waals surface area contributed by atoms with Crippen LogP contribution in [0, 0.1) is 0 Å². The molecule has 0 aliphatic carbocycles. The second kappa shape index (κ2) is 6.75. The van der Waals surface area contributed by atoms with Crippen molar-refractivity contribution in [2.75, 3.05) is 7.11 Å². The summed E-state index contributed by atoms with van der Waals surface area (Å²) < 4.78 is 11.8. The van der Waals surface area contributed by atoms with Crippen LogP contribution in [0.3, 0.4) is 0 Å². The molecule has 1 unspecified atom stereocenters. The van der Waals surface area contributed by atoms with Crippen LogP contribution in [0.1, 0.15) is 16.6 Å². The molecule has 0 aromatic carbocycles. The Hall–Kier alpha value is -2.13. The van der Waals surface area contributed by atoms with E-state index in [1.807, 2.05) is 22.9 Å². The quantitative estimate of drug-likeness (QED) is 0.505. The van der Waals surface area contributed by atoms with Gasteiger partial charge in [-0.3, -0.25) is 4.79 Å². The van der Waals surface area contributed by atoms with E-state index >= 15 is 0 Å². The molecule has 0 radical (unpaired) electrons. The van der Waals surface area contributed by atoms with E-state index in [1.54, 1.807) is 17.0 Å². The second-order valence-corrected chi connectivity index (χ2v) is 6.13. The Morgan fingerprint density at radius 1 is 1.55 bits per heavy atom. The average Bonchev–Trinajstić information content (AvgIpc) is 3.27. The molecule has 114 valence electrons. The summed E-state index contributed by atoms with van der Waals surface area (Å²) in [4.78, 5) is 12.0. The van der Waals surface area contributed by atoms with Crippen LogP contribution in [-0.2, 0) is 16.1 Å². The molecular formula is C13H12N4O3S2.